The lowest BCUT2D eigenvalue weighted by molar-refractivity contribution is -0.118. The molecular formula is C22H22N2O4S. The maximum atomic E-state index is 12.6. The van der Waals surface area contributed by atoms with E-state index in [1.807, 2.05) is 38.1 Å². The summed E-state index contributed by atoms with van der Waals surface area (Å²) in [5, 5.41) is 2.68. The fraction of sp³-hybridized carbons (Fsp3) is 0.136. The lowest BCUT2D eigenvalue weighted by Gasteiger charge is -2.11. The van der Waals surface area contributed by atoms with Gasteiger partial charge in [-0.15, -0.1) is 0 Å². The summed E-state index contributed by atoms with van der Waals surface area (Å²) in [5.74, 6) is 0.263. The highest BCUT2D eigenvalue weighted by Gasteiger charge is 2.15. The second-order valence-corrected chi connectivity index (χ2v) is 8.34. The summed E-state index contributed by atoms with van der Waals surface area (Å²) in [7, 11) is -3.73. The summed E-state index contributed by atoms with van der Waals surface area (Å²) in [6.07, 6.45) is 0. The molecule has 0 spiro atoms. The maximum Gasteiger partial charge on any atom is 0.262 e. The number of anilines is 2. The van der Waals surface area contributed by atoms with E-state index in [1.54, 1.807) is 24.3 Å². The number of para-hydroxylation sites is 1. The van der Waals surface area contributed by atoms with Crippen molar-refractivity contribution in [2.45, 2.75) is 18.7 Å². The molecule has 0 fully saturated rings. The second-order valence-electron chi connectivity index (χ2n) is 6.66. The Bertz CT molecular complexity index is 1080. The molecule has 0 aromatic heterocycles. The summed E-state index contributed by atoms with van der Waals surface area (Å²) in [5.41, 5.74) is 2.94. The van der Waals surface area contributed by atoms with Crippen LogP contribution in [0.25, 0.3) is 0 Å². The molecule has 0 saturated heterocycles. The quantitative estimate of drug-likeness (QED) is 0.614. The zero-order valence-corrected chi connectivity index (χ0v) is 17.0. The third-order valence-electron chi connectivity index (χ3n) is 4.04. The summed E-state index contributed by atoms with van der Waals surface area (Å²) >= 11 is 0. The molecule has 0 aliphatic heterocycles. The van der Waals surface area contributed by atoms with Gasteiger partial charge in [-0.25, -0.2) is 8.42 Å². The van der Waals surface area contributed by atoms with Crippen LogP contribution in [0.1, 0.15) is 11.1 Å². The molecule has 29 heavy (non-hydrogen) atoms. The summed E-state index contributed by atoms with van der Waals surface area (Å²) < 4.78 is 33.2. The van der Waals surface area contributed by atoms with Crippen LogP contribution >= 0.6 is 0 Å². The van der Waals surface area contributed by atoms with Crippen molar-refractivity contribution in [3.05, 3.63) is 83.9 Å². The van der Waals surface area contributed by atoms with Gasteiger partial charge in [0.05, 0.1) is 4.90 Å². The first-order valence-corrected chi connectivity index (χ1v) is 10.5. The minimum atomic E-state index is -3.73. The second kappa shape index (κ2) is 8.79. The van der Waals surface area contributed by atoms with Gasteiger partial charge < -0.3 is 10.1 Å². The molecule has 0 unspecified atom stereocenters. The molecule has 1 amide bonds. The SMILES string of the molecule is Cc1cc(C)cc(NS(=O)(=O)c2ccc(NC(=O)COc3ccccc3)cc2)c1. The topological polar surface area (TPSA) is 84.5 Å². The molecule has 3 aromatic carbocycles. The van der Waals surface area contributed by atoms with Crippen LogP contribution in [-0.2, 0) is 14.8 Å². The first kappa shape index (κ1) is 20.4. The molecular weight excluding hydrogens is 388 g/mol. The van der Waals surface area contributed by atoms with E-state index < -0.39 is 10.0 Å². The van der Waals surface area contributed by atoms with E-state index in [1.165, 1.54) is 24.3 Å². The fourth-order valence-electron chi connectivity index (χ4n) is 2.83. The monoisotopic (exact) mass is 410 g/mol. The molecule has 0 heterocycles. The van der Waals surface area contributed by atoms with Gasteiger partial charge in [-0.1, -0.05) is 24.3 Å². The van der Waals surface area contributed by atoms with Crippen LogP contribution < -0.4 is 14.8 Å². The Kier molecular flexibility index (Phi) is 6.19. The fourth-order valence-corrected chi connectivity index (χ4v) is 3.87. The van der Waals surface area contributed by atoms with Crippen LogP contribution in [-0.4, -0.2) is 20.9 Å². The maximum absolute atomic E-state index is 12.6. The molecule has 2 N–H and O–H groups in total. The summed E-state index contributed by atoms with van der Waals surface area (Å²) in [6, 6.07) is 20.5. The average molecular weight is 410 g/mol. The van der Waals surface area contributed by atoms with Gasteiger partial charge in [-0.2, -0.15) is 0 Å². The number of carbonyl (C=O) groups is 1. The molecule has 3 rings (SSSR count). The van der Waals surface area contributed by atoms with Gasteiger partial charge in [0.1, 0.15) is 5.75 Å². The Hall–Kier alpha value is -3.32. The smallest absolute Gasteiger partial charge is 0.262 e. The minimum absolute atomic E-state index is 0.107. The average Bonchev–Trinajstić information content (AvgIpc) is 2.66. The summed E-state index contributed by atoms with van der Waals surface area (Å²) in [6.45, 7) is 3.67. The van der Waals surface area contributed by atoms with E-state index in [0.29, 0.717) is 17.1 Å². The Labute approximate surface area is 170 Å². The Morgan fingerprint density at radius 1 is 0.862 bits per heavy atom. The molecule has 6 nitrogen and oxygen atoms in total. The number of rotatable bonds is 7. The normalized spacial score (nSPS) is 11.0. The molecule has 0 radical (unpaired) electrons. The standard InChI is InChI=1S/C22H22N2O4S/c1-16-12-17(2)14-19(13-16)24-29(26,27)21-10-8-18(9-11-21)23-22(25)15-28-20-6-4-3-5-7-20/h3-14,24H,15H2,1-2H3,(H,23,25). The lowest BCUT2D eigenvalue weighted by atomic mass is 10.1. The highest BCUT2D eigenvalue weighted by molar-refractivity contribution is 7.92. The summed E-state index contributed by atoms with van der Waals surface area (Å²) in [4.78, 5) is 12.1. The van der Waals surface area contributed by atoms with Crippen molar-refractivity contribution in [1.82, 2.24) is 0 Å². The molecule has 0 atom stereocenters. The van der Waals surface area contributed by atoms with Gasteiger partial charge in [0, 0.05) is 11.4 Å². The van der Waals surface area contributed by atoms with Gasteiger partial charge >= 0.3 is 0 Å². The van der Waals surface area contributed by atoms with Crippen molar-refractivity contribution in [2.24, 2.45) is 0 Å². The van der Waals surface area contributed by atoms with E-state index in [-0.39, 0.29) is 17.4 Å². The number of hydrogen-bond acceptors (Lipinski definition) is 4. The Morgan fingerprint density at radius 3 is 2.10 bits per heavy atom. The van der Waals surface area contributed by atoms with Gasteiger partial charge in [0.15, 0.2) is 6.61 Å². The minimum Gasteiger partial charge on any atom is -0.484 e. The van der Waals surface area contributed by atoms with Gasteiger partial charge in [-0.3, -0.25) is 9.52 Å². The van der Waals surface area contributed by atoms with Crippen LogP contribution in [0.2, 0.25) is 0 Å². The van der Waals surface area contributed by atoms with Gasteiger partial charge in [0.2, 0.25) is 0 Å². The largest absolute Gasteiger partial charge is 0.484 e. The van der Waals surface area contributed by atoms with Crippen LogP contribution in [0.15, 0.2) is 77.7 Å². The number of hydrogen-bond donors (Lipinski definition) is 2. The molecule has 0 aliphatic rings. The van der Waals surface area contributed by atoms with Gasteiger partial charge in [-0.05, 0) is 73.5 Å². The molecule has 0 saturated carbocycles. The van der Waals surface area contributed by atoms with Crippen LogP contribution in [0, 0.1) is 13.8 Å². The van der Waals surface area contributed by atoms with Crippen LogP contribution in [0.4, 0.5) is 11.4 Å². The number of nitrogens with one attached hydrogen (secondary N) is 2. The van der Waals surface area contributed by atoms with Crippen molar-refractivity contribution in [3.63, 3.8) is 0 Å². The first-order chi connectivity index (χ1) is 13.8. The number of ether oxygens (including phenoxy) is 1. The van der Waals surface area contributed by atoms with Crippen molar-refractivity contribution in [2.75, 3.05) is 16.6 Å². The predicted molar refractivity (Wildman–Crippen MR) is 114 cm³/mol. The Morgan fingerprint density at radius 2 is 1.48 bits per heavy atom. The third kappa shape index (κ3) is 5.83. The number of aryl methyl sites for hydroxylation is 2. The van der Waals surface area contributed by atoms with E-state index in [2.05, 4.69) is 10.0 Å². The molecule has 0 aliphatic carbocycles. The molecule has 7 heteroatoms. The molecule has 0 bridgehead atoms. The molecule has 150 valence electrons. The number of carbonyl (C=O) groups excluding carboxylic acids is 1. The lowest BCUT2D eigenvalue weighted by Crippen LogP contribution is -2.20. The van der Waals surface area contributed by atoms with Crippen molar-refractivity contribution < 1.29 is 17.9 Å². The van der Waals surface area contributed by atoms with E-state index >= 15 is 0 Å². The first-order valence-electron chi connectivity index (χ1n) is 9.01. The third-order valence-corrected chi connectivity index (χ3v) is 5.43. The highest BCUT2D eigenvalue weighted by Crippen LogP contribution is 2.20. The Balaban J connectivity index is 1.62. The molecule has 3 aromatic rings. The van der Waals surface area contributed by atoms with E-state index in [9.17, 15) is 13.2 Å². The van der Waals surface area contributed by atoms with Crippen molar-refractivity contribution >= 4 is 27.3 Å². The van der Waals surface area contributed by atoms with E-state index in [4.69, 9.17) is 4.74 Å². The van der Waals surface area contributed by atoms with E-state index in [0.717, 1.165) is 11.1 Å². The zero-order chi connectivity index (χ0) is 20.9. The predicted octanol–water partition coefficient (Wildman–Crippen LogP) is 4.12. The van der Waals surface area contributed by atoms with Crippen LogP contribution in [0.5, 0.6) is 5.75 Å². The van der Waals surface area contributed by atoms with Crippen molar-refractivity contribution in [1.29, 1.82) is 0 Å². The van der Waals surface area contributed by atoms with Crippen molar-refractivity contribution in [3.8, 4) is 5.75 Å². The number of amides is 1. The zero-order valence-electron chi connectivity index (χ0n) is 16.2. The number of sulfonamides is 1. The highest BCUT2D eigenvalue weighted by atomic mass is 32.2. The van der Waals surface area contributed by atoms with Gasteiger partial charge in [0.25, 0.3) is 15.9 Å². The number of benzene rings is 3. The van der Waals surface area contributed by atoms with Crippen LogP contribution in [0.3, 0.4) is 0 Å².